The molecule has 1 saturated carbocycles. The average Bonchev–Trinajstić information content (AvgIpc) is 3.35. The van der Waals surface area contributed by atoms with Crippen LogP contribution < -0.4 is 5.32 Å². The molecule has 2 N–H and O–H groups in total. The minimum Gasteiger partial charge on any atom is -0.322 e. The highest BCUT2D eigenvalue weighted by Crippen LogP contribution is 2.33. The van der Waals surface area contributed by atoms with Gasteiger partial charge in [0, 0.05) is 50.4 Å². The third-order valence-corrected chi connectivity index (χ3v) is 5.54. The van der Waals surface area contributed by atoms with E-state index in [0.29, 0.717) is 11.7 Å². The van der Waals surface area contributed by atoms with E-state index in [-0.39, 0.29) is 6.03 Å². The van der Waals surface area contributed by atoms with Gasteiger partial charge in [0.2, 0.25) is 0 Å². The van der Waals surface area contributed by atoms with E-state index in [4.69, 9.17) is 0 Å². The first-order valence-electron chi connectivity index (χ1n) is 9.65. The second kappa shape index (κ2) is 7.91. The number of hydrogen-bond acceptors (Lipinski definition) is 3. The number of anilines is 1. The third-order valence-electron chi connectivity index (χ3n) is 5.54. The smallest absolute Gasteiger partial charge is 0.322 e. The predicted octanol–water partition coefficient (Wildman–Crippen LogP) is 3.42. The van der Waals surface area contributed by atoms with E-state index in [2.05, 4.69) is 44.7 Å². The maximum absolute atomic E-state index is 12.5. The molecule has 2 aromatic rings. The fraction of sp³-hybridized carbons (Fsp3) is 0.500. The monoisotopic (exact) mass is 353 g/mol. The molecule has 0 atom stereocenters. The zero-order chi connectivity index (χ0) is 17.8. The molecular weight excluding hydrogens is 326 g/mol. The van der Waals surface area contributed by atoms with Crippen molar-refractivity contribution in [3.05, 3.63) is 47.7 Å². The molecule has 2 heterocycles. The molecule has 6 nitrogen and oxygen atoms in total. The lowest BCUT2D eigenvalue weighted by atomic mass is 10.0. The number of H-pyrrole nitrogens is 1. The molecule has 26 heavy (non-hydrogen) atoms. The van der Waals surface area contributed by atoms with E-state index in [9.17, 15) is 4.79 Å². The molecule has 0 unspecified atom stereocenters. The molecule has 0 bridgehead atoms. The lowest BCUT2D eigenvalue weighted by molar-refractivity contribution is 0.143. The second-order valence-electron chi connectivity index (χ2n) is 7.37. The highest BCUT2D eigenvalue weighted by atomic mass is 16.2. The van der Waals surface area contributed by atoms with Crippen molar-refractivity contribution in [2.45, 2.75) is 38.1 Å². The van der Waals surface area contributed by atoms with Crippen LogP contribution in [0.5, 0.6) is 0 Å². The fourth-order valence-corrected chi connectivity index (χ4v) is 3.99. The van der Waals surface area contributed by atoms with Crippen LogP contribution in [0.4, 0.5) is 10.6 Å². The normalized spacial score (nSPS) is 19.0. The molecule has 2 amide bonds. The summed E-state index contributed by atoms with van der Waals surface area (Å²) < 4.78 is 0. The van der Waals surface area contributed by atoms with Gasteiger partial charge in [-0.2, -0.15) is 5.10 Å². The lowest BCUT2D eigenvalue weighted by Crippen LogP contribution is -2.49. The number of amides is 2. The number of piperazine rings is 1. The van der Waals surface area contributed by atoms with Crippen molar-refractivity contribution in [2.24, 2.45) is 0 Å². The van der Waals surface area contributed by atoms with Crippen LogP contribution in [-0.4, -0.2) is 52.2 Å². The summed E-state index contributed by atoms with van der Waals surface area (Å²) in [6.07, 6.45) is 5.02. The lowest BCUT2D eigenvalue weighted by Gasteiger charge is -2.34. The second-order valence-corrected chi connectivity index (χ2v) is 7.37. The Bertz CT molecular complexity index is 715. The Kier molecular flexibility index (Phi) is 5.20. The van der Waals surface area contributed by atoms with Gasteiger partial charge >= 0.3 is 6.03 Å². The van der Waals surface area contributed by atoms with Crippen LogP contribution in [0.1, 0.15) is 42.9 Å². The topological polar surface area (TPSA) is 64.3 Å². The summed E-state index contributed by atoms with van der Waals surface area (Å²) in [5, 5.41) is 10.3. The summed E-state index contributed by atoms with van der Waals surface area (Å²) in [5.74, 6) is 1.22. The molecule has 1 aliphatic heterocycles. The Hall–Kier alpha value is -2.34. The number of rotatable bonds is 4. The minimum absolute atomic E-state index is 0.0474. The first-order chi connectivity index (χ1) is 12.8. The van der Waals surface area contributed by atoms with Crippen LogP contribution >= 0.6 is 0 Å². The molecule has 0 radical (unpaired) electrons. The van der Waals surface area contributed by atoms with Crippen molar-refractivity contribution in [1.29, 1.82) is 0 Å². The predicted molar refractivity (Wildman–Crippen MR) is 102 cm³/mol. The van der Waals surface area contributed by atoms with Crippen LogP contribution in [0.2, 0.25) is 0 Å². The molecule has 2 fully saturated rings. The van der Waals surface area contributed by atoms with Crippen molar-refractivity contribution in [2.75, 3.05) is 31.5 Å². The number of benzene rings is 1. The Labute approximate surface area is 154 Å². The Morgan fingerprint density at radius 2 is 1.85 bits per heavy atom. The van der Waals surface area contributed by atoms with Gasteiger partial charge < -0.3 is 4.90 Å². The molecule has 1 aromatic carbocycles. The van der Waals surface area contributed by atoms with E-state index in [0.717, 1.165) is 38.4 Å². The number of hydrogen-bond donors (Lipinski definition) is 2. The van der Waals surface area contributed by atoms with Gasteiger partial charge in [-0.1, -0.05) is 43.2 Å². The minimum atomic E-state index is -0.0474. The van der Waals surface area contributed by atoms with E-state index in [1.165, 1.54) is 31.2 Å². The van der Waals surface area contributed by atoms with E-state index in [1.54, 1.807) is 0 Å². The summed E-state index contributed by atoms with van der Waals surface area (Å²) in [5.41, 5.74) is 2.48. The molecule has 0 spiro atoms. The zero-order valence-corrected chi connectivity index (χ0v) is 15.2. The summed E-state index contributed by atoms with van der Waals surface area (Å²) in [6, 6.07) is 12.4. The number of carbonyl (C=O) groups excluding carboxylic acids is 1. The van der Waals surface area contributed by atoms with Crippen LogP contribution in [0, 0.1) is 0 Å². The van der Waals surface area contributed by atoms with Crippen molar-refractivity contribution < 1.29 is 4.79 Å². The number of carbonyl (C=O) groups is 1. The van der Waals surface area contributed by atoms with Crippen LogP contribution in [0.25, 0.3) is 0 Å². The van der Waals surface area contributed by atoms with Gasteiger partial charge in [-0.25, -0.2) is 4.79 Å². The summed E-state index contributed by atoms with van der Waals surface area (Å²) in [7, 11) is 0. The van der Waals surface area contributed by atoms with Gasteiger partial charge in [0.25, 0.3) is 0 Å². The van der Waals surface area contributed by atoms with Crippen molar-refractivity contribution in [3.63, 3.8) is 0 Å². The van der Waals surface area contributed by atoms with Gasteiger partial charge in [0.15, 0.2) is 5.82 Å². The molecule has 1 saturated heterocycles. The average molecular weight is 353 g/mol. The molecule has 1 aliphatic carbocycles. The fourth-order valence-electron chi connectivity index (χ4n) is 3.99. The summed E-state index contributed by atoms with van der Waals surface area (Å²) in [6.45, 7) is 4.24. The first-order valence-corrected chi connectivity index (χ1v) is 9.65. The van der Waals surface area contributed by atoms with Crippen LogP contribution in [0.15, 0.2) is 36.4 Å². The summed E-state index contributed by atoms with van der Waals surface area (Å²) >= 11 is 0. The van der Waals surface area contributed by atoms with Crippen LogP contribution in [-0.2, 0) is 6.54 Å². The maximum Gasteiger partial charge on any atom is 0.323 e. The standard InChI is InChI=1S/C20H27N5O/c26-20(21-19-14-18(22-23-19)17-8-4-5-9-17)25-12-10-24(11-13-25)15-16-6-2-1-3-7-16/h1-3,6-7,14,17H,4-5,8-13,15H2,(H2,21,22,23,26). The van der Waals surface area contributed by atoms with Gasteiger partial charge in [-0.15, -0.1) is 0 Å². The van der Waals surface area contributed by atoms with Crippen LogP contribution in [0.3, 0.4) is 0 Å². The Morgan fingerprint density at radius 3 is 2.58 bits per heavy atom. The summed E-state index contributed by atoms with van der Waals surface area (Å²) in [4.78, 5) is 16.8. The Balaban J connectivity index is 1.26. The van der Waals surface area contributed by atoms with Crippen molar-refractivity contribution in [3.8, 4) is 0 Å². The maximum atomic E-state index is 12.5. The number of aromatic amines is 1. The molecule has 2 aliphatic rings. The highest BCUT2D eigenvalue weighted by molar-refractivity contribution is 5.88. The number of nitrogens with zero attached hydrogens (tertiary/aromatic N) is 3. The van der Waals surface area contributed by atoms with Gasteiger partial charge in [0.1, 0.15) is 0 Å². The van der Waals surface area contributed by atoms with Crippen molar-refractivity contribution in [1.82, 2.24) is 20.0 Å². The van der Waals surface area contributed by atoms with Gasteiger partial charge in [0.05, 0.1) is 0 Å². The molecule has 4 rings (SSSR count). The number of nitrogens with one attached hydrogen (secondary N) is 2. The Morgan fingerprint density at radius 1 is 1.12 bits per heavy atom. The quantitative estimate of drug-likeness (QED) is 0.885. The zero-order valence-electron chi connectivity index (χ0n) is 15.2. The first kappa shape index (κ1) is 17.1. The molecular formula is C20H27N5O. The van der Waals surface area contributed by atoms with Gasteiger partial charge in [-0.05, 0) is 18.4 Å². The van der Waals surface area contributed by atoms with E-state index < -0.39 is 0 Å². The van der Waals surface area contributed by atoms with Crippen molar-refractivity contribution >= 4 is 11.8 Å². The number of aromatic nitrogens is 2. The molecule has 1 aromatic heterocycles. The number of urea groups is 1. The van der Waals surface area contributed by atoms with E-state index >= 15 is 0 Å². The SMILES string of the molecule is O=C(Nc1cc(C2CCCC2)[nH]n1)N1CCN(Cc2ccccc2)CC1. The molecule has 6 heteroatoms. The van der Waals surface area contributed by atoms with Gasteiger partial charge in [-0.3, -0.25) is 15.3 Å². The largest absolute Gasteiger partial charge is 0.323 e. The third kappa shape index (κ3) is 4.07. The van der Waals surface area contributed by atoms with E-state index in [1.807, 2.05) is 17.0 Å². The molecule has 138 valence electrons. The highest BCUT2D eigenvalue weighted by Gasteiger charge is 2.23.